The molecule has 28 heavy (non-hydrogen) atoms. The number of nitrogens with one attached hydrogen (secondary N) is 1. The number of amides is 1. The fourth-order valence-corrected chi connectivity index (χ4v) is 4.80. The second kappa shape index (κ2) is 8.49. The van der Waals surface area contributed by atoms with Crippen LogP contribution < -0.4 is 11.1 Å². The van der Waals surface area contributed by atoms with Gasteiger partial charge in [-0.2, -0.15) is 0 Å². The maximum Gasteiger partial charge on any atom is 0.241 e. The molecule has 5 nitrogen and oxygen atoms in total. The first-order valence-electron chi connectivity index (χ1n) is 9.45. The van der Waals surface area contributed by atoms with Gasteiger partial charge < -0.3 is 15.8 Å². The number of halogens is 1. The van der Waals surface area contributed by atoms with E-state index in [2.05, 4.69) is 10.3 Å². The minimum absolute atomic E-state index is 0. The predicted molar refractivity (Wildman–Crippen MR) is 117 cm³/mol. The molecule has 1 heterocycles. The van der Waals surface area contributed by atoms with E-state index in [1.165, 1.54) is 0 Å². The molecule has 0 bridgehead atoms. The topological polar surface area (TPSA) is 77.2 Å². The van der Waals surface area contributed by atoms with Crippen LogP contribution in [0.4, 0.5) is 0 Å². The largest absolute Gasteiger partial charge is 0.378 e. The maximum atomic E-state index is 13.0. The molecule has 3 N–H and O–H groups in total. The molecule has 3 unspecified atom stereocenters. The van der Waals surface area contributed by atoms with E-state index in [0.717, 1.165) is 21.1 Å². The van der Waals surface area contributed by atoms with E-state index in [9.17, 15) is 4.79 Å². The van der Waals surface area contributed by atoms with E-state index in [0.29, 0.717) is 13.0 Å². The van der Waals surface area contributed by atoms with E-state index < -0.39 is 11.0 Å². The van der Waals surface area contributed by atoms with Gasteiger partial charge >= 0.3 is 0 Å². The normalized spacial score (nSPS) is 24.0. The number of benzene rings is 1. The number of ether oxygens (including phenoxy) is 1. The second-order valence-corrected chi connectivity index (χ2v) is 8.90. The summed E-state index contributed by atoms with van der Waals surface area (Å²) in [5, 5.41) is 4.08. The molecule has 1 amide bonds. The van der Waals surface area contributed by atoms with Crippen LogP contribution >= 0.6 is 23.7 Å². The minimum Gasteiger partial charge on any atom is -0.378 e. The van der Waals surface area contributed by atoms with E-state index in [4.69, 9.17) is 10.5 Å². The number of nitrogens with two attached hydrogens (primary N) is 1. The number of thiazole rings is 1. The van der Waals surface area contributed by atoms with Gasteiger partial charge in [-0.15, -0.1) is 23.7 Å². The molecule has 0 radical (unpaired) electrons. The molecule has 0 spiro atoms. The highest BCUT2D eigenvalue weighted by Crippen LogP contribution is 2.50. The predicted octanol–water partition coefficient (Wildman–Crippen LogP) is 4.25. The van der Waals surface area contributed by atoms with E-state index in [-0.39, 0.29) is 30.5 Å². The summed E-state index contributed by atoms with van der Waals surface area (Å²) in [6.45, 7) is 10.6. The van der Waals surface area contributed by atoms with Crippen LogP contribution in [-0.2, 0) is 9.53 Å². The van der Waals surface area contributed by atoms with E-state index in [1.807, 2.05) is 65.0 Å². The van der Waals surface area contributed by atoms with Gasteiger partial charge in [0.25, 0.3) is 0 Å². The number of rotatable bonds is 6. The van der Waals surface area contributed by atoms with Gasteiger partial charge in [0.05, 0.1) is 22.7 Å². The molecule has 1 aromatic carbocycles. The number of aromatic nitrogens is 1. The van der Waals surface area contributed by atoms with Gasteiger partial charge in [-0.25, -0.2) is 4.98 Å². The first-order chi connectivity index (χ1) is 12.7. The smallest absolute Gasteiger partial charge is 0.241 e. The van der Waals surface area contributed by atoms with Crippen LogP contribution in [0, 0.1) is 12.3 Å². The Labute approximate surface area is 177 Å². The third-order valence-corrected chi connectivity index (χ3v) is 7.22. The number of nitrogens with zero attached hydrogens (tertiary/aromatic N) is 1. The number of aryl methyl sites for hydroxylation is 1. The highest BCUT2D eigenvalue weighted by atomic mass is 35.5. The summed E-state index contributed by atoms with van der Waals surface area (Å²) in [6, 6.07) is 9.94. The van der Waals surface area contributed by atoms with Gasteiger partial charge in [-0.1, -0.05) is 44.2 Å². The molecule has 7 heteroatoms. The number of hydrogen-bond acceptors (Lipinski definition) is 5. The zero-order valence-electron chi connectivity index (χ0n) is 17.1. The third kappa shape index (κ3) is 3.83. The van der Waals surface area contributed by atoms with Crippen LogP contribution in [0.15, 0.2) is 30.3 Å². The van der Waals surface area contributed by atoms with E-state index in [1.54, 1.807) is 11.3 Å². The lowest BCUT2D eigenvalue weighted by molar-refractivity contribution is -0.171. The van der Waals surface area contributed by atoms with Crippen LogP contribution in [0.2, 0.25) is 0 Å². The minimum atomic E-state index is -0.915. The molecule has 0 saturated heterocycles. The third-order valence-electron chi connectivity index (χ3n) is 5.83. The first kappa shape index (κ1) is 22.8. The lowest BCUT2D eigenvalue weighted by atomic mass is 9.54. The van der Waals surface area contributed by atoms with Crippen LogP contribution in [0.1, 0.15) is 50.7 Å². The molecular weight excluding hydrogens is 394 g/mol. The molecule has 1 saturated carbocycles. The van der Waals surface area contributed by atoms with Gasteiger partial charge in [-0.05, 0) is 20.8 Å². The average Bonchev–Trinajstić information content (AvgIpc) is 3.04. The Balaban J connectivity index is 0.00000280. The molecule has 1 fully saturated rings. The molecule has 1 aliphatic carbocycles. The second-order valence-electron chi connectivity index (χ2n) is 7.87. The number of hydrogen-bond donors (Lipinski definition) is 2. The lowest BCUT2D eigenvalue weighted by Gasteiger charge is -2.57. The fourth-order valence-electron chi connectivity index (χ4n) is 3.73. The van der Waals surface area contributed by atoms with E-state index >= 15 is 0 Å². The van der Waals surface area contributed by atoms with Crippen molar-refractivity contribution >= 4 is 29.7 Å². The van der Waals surface area contributed by atoms with Gasteiger partial charge in [-0.3, -0.25) is 4.79 Å². The molecular formula is C21H30ClN3O2S. The van der Waals surface area contributed by atoms with Gasteiger partial charge in [0.1, 0.15) is 10.5 Å². The van der Waals surface area contributed by atoms with Crippen molar-refractivity contribution < 1.29 is 9.53 Å². The Morgan fingerprint density at radius 2 is 2.04 bits per heavy atom. The van der Waals surface area contributed by atoms with Crippen LogP contribution in [-0.4, -0.2) is 29.1 Å². The van der Waals surface area contributed by atoms with Gasteiger partial charge in [0, 0.05) is 24.0 Å². The SMILES string of the molecule is CCOC1CC(N)(C(=O)NC(C)c2sc(-c3ccccc3)nc2C)C1(C)C.Cl. The number of carbonyl (C=O) groups is 1. The molecule has 1 aromatic heterocycles. The molecule has 0 aliphatic heterocycles. The molecule has 3 rings (SSSR count). The first-order valence-corrected chi connectivity index (χ1v) is 10.3. The van der Waals surface area contributed by atoms with Crippen molar-refractivity contribution in [2.45, 2.75) is 58.7 Å². The van der Waals surface area contributed by atoms with Crippen molar-refractivity contribution in [3.05, 3.63) is 40.9 Å². The quantitative estimate of drug-likeness (QED) is 0.728. The molecule has 1 aliphatic rings. The van der Waals surface area contributed by atoms with Crippen LogP contribution in [0.5, 0.6) is 0 Å². The Hall–Kier alpha value is -1.47. The zero-order chi connectivity index (χ0) is 19.8. The average molecular weight is 424 g/mol. The van der Waals surface area contributed by atoms with Gasteiger partial charge in [0.2, 0.25) is 5.91 Å². The molecule has 154 valence electrons. The van der Waals surface area contributed by atoms with Crippen molar-refractivity contribution in [1.82, 2.24) is 10.3 Å². The van der Waals surface area contributed by atoms with Crippen molar-refractivity contribution in [1.29, 1.82) is 0 Å². The van der Waals surface area contributed by atoms with Crippen LogP contribution in [0.25, 0.3) is 10.6 Å². The maximum absolute atomic E-state index is 13.0. The summed E-state index contributed by atoms with van der Waals surface area (Å²) in [4.78, 5) is 18.7. The molecule has 2 aromatic rings. The Morgan fingerprint density at radius 3 is 2.61 bits per heavy atom. The lowest BCUT2D eigenvalue weighted by Crippen LogP contribution is -2.75. The summed E-state index contributed by atoms with van der Waals surface area (Å²) in [5.41, 5.74) is 7.22. The highest BCUT2D eigenvalue weighted by molar-refractivity contribution is 7.15. The van der Waals surface area contributed by atoms with Crippen molar-refractivity contribution in [3.8, 4) is 10.6 Å². The summed E-state index contributed by atoms with van der Waals surface area (Å²) in [7, 11) is 0. The summed E-state index contributed by atoms with van der Waals surface area (Å²) >= 11 is 1.62. The summed E-state index contributed by atoms with van der Waals surface area (Å²) in [5.74, 6) is -0.120. The zero-order valence-corrected chi connectivity index (χ0v) is 18.7. The highest BCUT2D eigenvalue weighted by Gasteiger charge is 2.63. The Kier molecular flexibility index (Phi) is 6.92. The van der Waals surface area contributed by atoms with Gasteiger partial charge in [0.15, 0.2) is 0 Å². The standard InChI is InChI=1S/C21H29N3O2S.ClH/c1-6-26-16-12-21(22,20(16,4)5)19(25)24-14(3)17-13(2)23-18(27-17)15-10-8-7-9-11-15;/h7-11,14,16H,6,12,22H2,1-5H3,(H,24,25);1H. The Bertz CT molecular complexity index is 824. The summed E-state index contributed by atoms with van der Waals surface area (Å²) < 4.78 is 5.73. The van der Waals surface area contributed by atoms with Crippen molar-refractivity contribution in [2.24, 2.45) is 11.1 Å². The van der Waals surface area contributed by atoms with Crippen molar-refractivity contribution in [3.63, 3.8) is 0 Å². The summed E-state index contributed by atoms with van der Waals surface area (Å²) in [6.07, 6.45) is 0.562. The monoisotopic (exact) mass is 423 g/mol. The Morgan fingerprint density at radius 1 is 1.39 bits per heavy atom. The fraction of sp³-hybridized carbons (Fsp3) is 0.524. The van der Waals surface area contributed by atoms with Crippen LogP contribution in [0.3, 0.4) is 0 Å². The molecule has 3 atom stereocenters. The number of carbonyl (C=O) groups excluding carboxylic acids is 1. The van der Waals surface area contributed by atoms with Crippen molar-refractivity contribution in [2.75, 3.05) is 6.61 Å².